The minimum atomic E-state index is -2.16. The third-order valence-electron chi connectivity index (χ3n) is 5.38. The van der Waals surface area contributed by atoms with Crippen LogP contribution in [-0.2, 0) is 19.2 Å². The minimum absolute atomic E-state index is 0.0496. The third-order valence-corrected chi connectivity index (χ3v) is 5.38. The molecule has 0 atom stereocenters. The number of hydrogen-bond acceptors (Lipinski definition) is 6. The summed E-state index contributed by atoms with van der Waals surface area (Å²) in [5.74, 6) is -3.94. The van der Waals surface area contributed by atoms with E-state index in [1.54, 1.807) is 0 Å². The average Bonchev–Trinajstić information content (AvgIpc) is 2.54. The Morgan fingerprint density at radius 3 is 1.04 bits per heavy atom. The molecule has 10 nitrogen and oxygen atoms in total. The van der Waals surface area contributed by atoms with E-state index in [1.165, 1.54) is 0 Å². The molecule has 0 bridgehead atoms. The maximum Gasteiger partial charge on any atom is 0.328 e. The van der Waals surface area contributed by atoms with Crippen LogP contribution in [0, 0.1) is 22.7 Å². The number of amides is 8. The van der Waals surface area contributed by atoms with Crippen molar-refractivity contribution in [3.8, 4) is 0 Å². The summed E-state index contributed by atoms with van der Waals surface area (Å²) in [6, 6.07) is -2.02. The second kappa shape index (κ2) is 7.69. The number of hydrogen-bond donors (Lipinski definition) is 4. The topological polar surface area (TPSA) is 151 Å². The molecule has 0 aromatic carbocycles. The first kappa shape index (κ1) is 21.5. The smallest absolute Gasteiger partial charge is 0.277 e. The van der Waals surface area contributed by atoms with Gasteiger partial charge in [-0.15, -0.1) is 0 Å². The molecule has 0 aromatic heterocycles. The van der Waals surface area contributed by atoms with E-state index >= 15 is 0 Å². The zero-order chi connectivity index (χ0) is 21.3. The van der Waals surface area contributed by atoms with Crippen molar-refractivity contribution in [1.29, 1.82) is 0 Å². The first-order chi connectivity index (χ1) is 13.0. The molecule has 0 saturated carbocycles. The predicted molar refractivity (Wildman–Crippen MR) is 96.4 cm³/mol. The van der Waals surface area contributed by atoms with Crippen LogP contribution in [0.1, 0.15) is 53.4 Å². The second-order valence-corrected chi connectivity index (χ2v) is 8.15. The van der Waals surface area contributed by atoms with E-state index in [-0.39, 0.29) is 24.7 Å². The zero-order valence-electron chi connectivity index (χ0n) is 16.4. The van der Waals surface area contributed by atoms with E-state index in [2.05, 4.69) is 0 Å². The molecule has 0 radical (unpaired) electrons. The van der Waals surface area contributed by atoms with Gasteiger partial charge in [-0.25, -0.2) is 9.59 Å². The van der Waals surface area contributed by atoms with Gasteiger partial charge in [0.1, 0.15) is 0 Å². The van der Waals surface area contributed by atoms with Crippen molar-refractivity contribution < 1.29 is 28.8 Å². The van der Waals surface area contributed by atoms with Gasteiger partial charge in [-0.3, -0.25) is 40.4 Å². The number of imide groups is 4. The predicted octanol–water partition coefficient (Wildman–Crippen LogP) is 0.564. The van der Waals surface area contributed by atoms with Crippen LogP contribution in [0.25, 0.3) is 0 Å². The molecule has 2 saturated heterocycles. The Bertz CT molecular complexity index is 640. The van der Waals surface area contributed by atoms with Gasteiger partial charge in [0.2, 0.25) is 23.6 Å². The fraction of sp³-hybridized carbons (Fsp3) is 0.667. The van der Waals surface area contributed by atoms with Crippen LogP contribution in [0.2, 0.25) is 0 Å². The highest BCUT2D eigenvalue weighted by atomic mass is 16.2. The van der Waals surface area contributed by atoms with Gasteiger partial charge in [-0.1, -0.05) is 27.7 Å². The van der Waals surface area contributed by atoms with Crippen LogP contribution < -0.4 is 21.3 Å². The fourth-order valence-electron chi connectivity index (χ4n) is 3.77. The number of carbonyl (C=O) groups excluding carboxylic acids is 6. The standard InChI is InChI=1S/C18H26N4O6/c1-9(2)5-7-17(11(23)19-15(27)20-12(17)24)18(8-6-10(3)4)13(25)21-16(28)22-14(18)26/h9-10H,5-8H2,1-4H3,(H2,19,20,23,24,27)(H2,21,22,25,26,28). The Balaban J connectivity index is 2.71. The molecule has 0 unspecified atom stereocenters. The first-order valence-electron chi connectivity index (χ1n) is 9.31. The summed E-state index contributed by atoms with van der Waals surface area (Å²) in [6.45, 7) is 7.46. The molecule has 8 amide bonds. The van der Waals surface area contributed by atoms with Crippen LogP contribution >= 0.6 is 0 Å². The van der Waals surface area contributed by atoms with Gasteiger partial charge in [-0.05, 0) is 37.5 Å². The third kappa shape index (κ3) is 3.38. The number of nitrogens with one attached hydrogen (secondary N) is 4. The van der Waals surface area contributed by atoms with Gasteiger partial charge in [0, 0.05) is 0 Å². The van der Waals surface area contributed by atoms with Crippen LogP contribution in [0.15, 0.2) is 0 Å². The zero-order valence-corrected chi connectivity index (χ0v) is 16.4. The second-order valence-electron chi connectivity index (χ2n) is 8.15. The lowest BCUT2D eigenvalue weighted by Gasteiger charge is -2.48. The van der Waals surface area contributed by atoms with Crippen LogP contribution in [0.3, 0.4) is 0 Å². The molecule has 2 fully saturated rings. The van der Waals surface area contributed by atoms with Gasteiger partial charge in [-0.2, -0.15) is 0 Å². The SMILES string of the molecule is CC(C)CCC1(C2(CCC(C)C)C(=O)NC(=O)NC2=O)C(=O)NC(=O)NC1=O. The Morgan fingerprint density at radius 1 is 0.571 bits per heavy atom. The molecule has 2 rings (SSSR count). The lowest BCUT2D eigenvalue weighted by molar-refractivity contribution is -0.172. The minimum Gasteiger partial charge on any atom is -0.277 e. The molecule has 10 heteroatoms. The molecule has 28 heavy (non-hydrogen) atoms. The highest BCUT2D eigenvalue weighted by molar-refractivity contribution is 6.29. The van der Waals surface area contributed by atoms with Crippen molar-refractivity contribution in [2.45, 2.75) is 53.4 Å². The van der Waals surface area contributed by atoms with Gasteiger partial charge >= 0.3 is 12.1 Å². The Hall–Kier alpha value is -2.78. The molecule has 0 spiro atoms. The summed E-state index contributed by atoms with van der Waals surface area (Å²) in [4.78, 5) is 75.5. The summed E-state index contributed by atoms with van der Waals surface area (Å²) in [6.07, 6.45) is 0.408. The van der Waals surface area contributed by atoms with E-state index in [4.69, 9.17) is 0 Å². The average molecular weight is 394 g/mol. The van der Waals surface area contributed by atoms with Crippen LogP contribution in [-0.4, -0.2) is 35.7 Å². The maximum absolute atomic E-state index is 13.0. The quantitative estimate of drug-likeness (QED) is 0.463. The molecule has 154 valence electrons. The largest absolute Gasteiger partial charge is 0.328 e. The molecular formula is C18H26N4O6. The van der Waals surface area contributed by atoms with E-state index < -0.39 is 46.5 Å². The highest BCUT2D eigenvalue weighted by Crippen LogP contribution is 2.50. The van der Waals surface area contributed by atoms with Crippen LogP contribution in [0.5, 0.6) is 0 Å². The molecule has 0 aromatic rings. The van der Waals surface area contributed by atoms with E-state index in [1.807, 2.05) is 49.0 Å². The summed E-state index contributed by atoms with van der Waals surface area (Å²) >= 11 is 0. The van der Waals surface area contributed by atoms with Gasteiger partial charge in [0.15, 0.2) is 10.8 Å². The highest BCUT2D eigenvalue weighted by Gasteiger charge is 2.71. The summed E-state index contributed by atoms with van der Waals surface area (Å²) in [7, 11) is 0. The van der Waals surface area contributed by atoms with Gasteiger partial charge in [0.25, 0.3) is 0 Å². The monoisotopic (exact) mass is 394 g/mol. The molecular weight excluding hydrogens is 368 g/mol. The number of carbonyl (C=O) groups is 6. The fourth-order valence-corrected chi connectivity index (χ4v) is 3.77. The number of barbiturate groups is 2. The van der Waals surface area contributed by atoms with Crippen molar-refractivity contribution in [3.05, 3.63) is 0 Å². The lowest BCUT2D eigenvalue weighted by atomic mass is 9.55. The van der Waals surface area contributed by atoms with E-state index in [9.17, 15) is 28.8 Å². The molecule has 4 N–H and O–H groups in total. The van der Waals surface area contributed by atoms with Crippen molar-refractivity contribution in [2.24, 2.45) is 22.7 Å². The van der Waals surface area contributed by atoms with Crippen molar-refractivity contribution in [1.82, 2.24) is 21.3 Å². The summed E-state index contributed by atoms with van der Waals surface area (Å²) in [5, 5.41) is 8.13. The maximum atomic E-state index is 13.0. The van der Waals surface area contributed by atoms with Crippen molar-refractivity contribution in [3.63, 3.8) is 0 Å². The number of rotatable bonds is 7. The molecule has 2 aliphatic heterocycles. The summed E-state index contributed by atoms with van der Waals surface area (Å²) in [5.41, 5.74) is -4.32. The Kier molecular flexibility index (Phi) is 5.91. The van der Waals surface area contributed by atoms with Crippen LogP contribution in [0.4, 0.5) is 9.59 Å². The first-order valence-corrected chi connectivity index (χ1v) is 9.31. The van der Waals surface area contributed by atoms with Crippen molar-refractivity contribution >= 4 is 35.7 Å². The van der Waals surface area contributed by atoms with E-state index in [0.717, 1.165) is 0 Å². The summed E-state index contributed by atoms with van der Waals surface area (Å²) < 4.78 is 0. The number of urea groups is 2. The lowest BCUT2D eigenvalue weighted by Crippen LogP contribution is -2.76. The normalized spacial score (nSPS) is 21.4. The van der Waals surface area contributed by atoms with Crippen molar-refractivity contribution in [2.75, 3.05) is 0 Å². The molecule has 2 heterocycles. The van der Waals surface area contributed by atoms with Gasteiger partial charge in [0.05, 0.1) is 0 Å². The van der Waals surface area contributed by atoms with E-state index in [0.29, 0.717) is 12.8 Å². The molecule has 2 aliphatic rings. The van der Waals surface area contributed by atoms with Gasteiger partial charge < -0.3 is 0 Å². The Morgan fingerprint density at radius 2 is 0.821 bits per heavy atom. The Labute approximate surface area is 162 Å². The molecule has 0 aliphatic carbocycles.